The van der Waals surface area contributed by atoms with Crippen LogP contribution >= 0.6 is 11.6 Å². The summed E-state index contributed by atoms with van der Waals surface area (Å²) in [6.45, 7) is 0.174. The molecule has 38 heavy (non-hydrogen) atoms. The van der Waals surface area contributed by atoms with Crippen LogP contribution in [0.1, 0.15) is 28.0 Å². The highest BCUT2D eigenvalue weighted by Gasteiger charge is 2.41. The zero-order valence-electron chi connectivity index (χ0n) is 19.4. The molecule has 3 heterocycles. The van der Waals surface area contributed by atoms with E-state index in [-0.39, 0.29) is 53.8 Å². The number of ether oxygens (including phenoxy) is 1. The molecule has 2 amide bonds. The standard InChI is InChI=1S/C24H19ClF4N6O3/c25-18-6-16(35-19-2-1-15(26)5-17(19)24(27,28)29)9-32-20(18)10-33-22(37)23(3-4-38-12-23)11-34-21(36)14-7-30-13-31-8-14/h1-2,5-9,11,13,35H,3-4,10,12H2,(H,33,37)/t23-/m0/s1. The number of aromatic nitrogens is 3. The number of hydrogen-bond donors (Lipinski definition) is 2. The first kappa shape index (κ1) is 27.1. The van der Waals surface area contributed by atoms with Crippen molar-refractivity contribution < 1.29 is 31.9 Å². The Balaban J connectivity index is 1.44. The van der Waals surface area contributed by atoms with Crippen LogP contribution in [0.25, 0.3) is 0 Å². The largest absolute Gasteiger partial charge is 0.418 e. The van der Waals surface area contributed by atoms with Gasteiger partial charge in [0.2, 0.25) is 5.91 Å². The Morgan fingerprint density at radius 2 is 1.95 bits per heavy atom. The average Bonchev–Trinajstić information content (AvgIpc) is 3.38. The molecule has 1 atom stereocenters. The van der Waals surface area contributed by atoms with Gasteiger partial charge in [0.1, 0.15) is 17.6 Å². The molecule has 1 saturated heterocycles. The van der Waals surface area contributed by atoms with Crippen LogP contribution in [0, 0.1) is 11.2 Å². The van der Waals surface area contributed by atoms with Crippen LogP contribution in [0.5, 0.6) is 0 Å². The lowest BCUT2D eigenvalue weighted by Gasteiger charge is -2.21. The molecule has 0 radical (unpaired) electrons. The molecule has 1 fully saturated rings. The summed E-state index contributed by atoms with van der Waals surface area (Å²) in [5.74, 6) is -2.12. The maximum absolute atomic E-state index is 13.4. The fraction of sp³-hybridized carbons (Fsp3) is 0.250. The molecule has 14 heteroatoms. The van der Waals surface area contributed by atoms with Crippen molar-refractivity contribution in [2.45, 2.75) is 19.1 Å². The van der Waals surface area contributed by atoms with Crippen LogP contribution in [0.2, 0.25) is 5.02 Å². The first-order valence-corrected chi connectivity index (χ1v) is 11.4. The third-order valence-corrected chi connectivity index (χ3v) is 5.97. The molecule has 9 nitrogen and oxygen atoms in total. The van der Waals surface area contributed by atoms with E-state index in [2.05, 4.69) is 30.6 Å². The van der Waals surface area contributed by atoms with Gasteiger partial charge in [-0.15, -0.1) is 0 Å². The zero-order valence-corrected chi connectivity index (χ0v) is 20.2. The number of pyridine rings is 1. The smallest absolute Gasteiger partial charge is 0.380 e. The summed E-state index contributed by atoms with van der Waals surface area (Å²) in [6.07, 6.45) is 1.85. The number of amides is 2. The molecular weight excluding hydrogens is 532 g/mol. The highest BCUT2D eigenvalue weighted by atomic mass is 35.5. The van der Waals surface area contributed by atoms with Crippen molar-refractivity contribution in [3.63, 3.8) is 0 Å². The SMILES string of the molecule is O=C(N=C[C@@]1(C(=O)NCc2ncc(Nc3ccc(F)cc3C(F)(F)F)cc2Cl)CCOC1)c1cncnc1. The Morgan fingerprint density at radius 3 is 2.61 bits per heavy atom. The van der Waals surface area contributed by atoms with Gasteiger partial charge in [-0.05, 0) is 30.7 Å². The number of hydrogen-bond acceptors (Lipinski definition) is 7. The molecule has 4 rings (SSSR count). The molecule has 1 aromatic carbocycles. The maximum atomic E-state index is 13.4. The van der Waals surface area contributed by atoms with Crippen LogP contribution < -0.4 is 10.6 Å². The summed E-state index contributed by atoms with van der Waals surface area (Å²) in [7, 11) is 0. The molecule has 2 aromatic heterocycles. The molecule has 0 bridgehead atoms. The van der Waals surface area contributed by atoms with Gasteiger partial charge < -0.3 is 15.4 Å². The Labute approximate surface area is 218 Å². The first-order chi connectivity index (χ1) is 18.1. The molecule has 1 aliphatic rings. The summed E-state index contributed by atoms with van der Waals surface area (Å²) in [5, 5.41) is 5.29. The predicted molar refractivity (Wildman–Crippen MR) is 129 cm³/mol. The molecule has 2 N–H and O–H groups in total. The van der Waals surface area contributed by atoms with Gasteiger partial charge in [-0.1, -0.05) is 11.6 Å². The third kappa shape index (κ3) is 6.29. The van der Waals surface area contributed by atoms with E-state index in [1.807, 2.05) is 0 Å². The van der Waals surface area contributed by atoms with E-state index < -0.39 is 34.8 Å². The monoisotopic (exact) mass is 550 g/mol. The molecule has 0 spiro atoms. The van der Waals surface area contributed by atoms with E-state index >= 15 is 0 Å². The predicted octanol–water partition coefficient (Wildman–Crippen LogP) is 4.36. The van der Waals surface area contributed by atoms with Crippen molar-refractivity contribution >= 4 is 41.0 Å². The minimum atomic E-state index is -4.78. The molecule has 0 saturated carbocycles. The van der Waals surface area contributed by atoms with Gasteiger partial charge in [0, 0.05) is 25.2 Å². The first-order valence-electron chi connectivity index (χ1n) is 11.1. The molecule has 1 aliphatic heterocycles. The highest BCUT2D eigenvalue weighted by molar-refractivity contribution is 6.31. The number of nitrogens with zero attached hydrogens (tertiary/aromatic N) is 4. The van der Waals surface area contributed by atoms with E-state index in [1.165, 1.54) is 37.2 Å². The number of anilines is 2. The van der Waals surface area contributed by atoms with Gasteiger partial charge in [0.25, 0.3) is 5.91 Å². The minimum absolute atomic E-state index is 0.00410. The number of rotatable bonds is 7. The zero-order chi connectivity index (χ0) is 27.3. The maximum Gasteiger partial charge on any atom is 0.418 e. The van der Waals surface area contributed by atoms with Crippen molar-refractivity contribution in [2.24, 2.45) is 10.4 Å². The number of benzene rings is 1. The van der Waals surface area contributed by atoms with Gasteiger partial charge in [-0.2, -0.15) is 13.2 Å². The molecular formula is C24H19ClF4N6O3. The van der Waals surface area contributed by atoms with Crippen molar-refractivity contribution in [3.05, 3.63) is 76.8 Å². The second-order valence-corrected chi connectivity index (χ2v) is 8.70. The lowest BCUT2D eigenvalue weighted by atomic mass is 9.87. The van der Waals surface area contributed by atoms with Gasteiger partial charge in [-0.25, -0.2) is 19.4 Å². The van der Waals surface area contributed by atoms with Crippen molar-refractivity contribution in [1.82, 2.24) is 20.3 Å². The van der Waals surface area contributed by atoms with Gasteiger partial charge >= 0.3 is 6.18 Å². The average molecular weight is 551 g/mol. The summed E-state index contributed by atoms with van der Waals surface area (Å²) in [5.41, 5.74) is -2.24. The fourth-order valence-electron chi connectivity index (χ4n) is 3.61. The summed E-state index contributed by atoms with van der Waals surface area (Å²) < 4.78 is 58.5. The van der Waals surface area contributed by atoms with Crippen molar-refractivity contribution in [2.75, 3.05) is 18.5 Å². The number of halogens is 5. The fourth-order valence-corrected chi connectivity index (χ4v) is 3.84. The Kier molecular flexibility index (Phi) is 7.97. The van der Waals surface area contributed by atoms with Gasteiger partial charge in [0.05, 0.1) is 52.6 Å². The number of aliphatic imine (C=N–C) groups is 1. The molecule has 3 aromatic rings. The quantitative estimate of drug-likeness (QED) is 0.331. The molecule has 0 unspecified atom stereocenters. The van der Waals surface area contributed by atoms with Crippen LogP contribution in [0.4, 0.5) is 28.9 Å². The van der Waals surface area contributed by atoms with E-state index in [4.69, 9.17) is 16.3 Å². The molecule has 0 aliphatic carbocycles. The number of carbonyl (C=O) groups is 2. The van der Waals surface area contributed by atoms with Crippen molar-refractivity contribution in [1.29, 1.82) is 0 Å². The summed E-state index contributed by atoms with van der Waals surface area (Å²) >= 11 is 6.26. The van der Waals surface area contributed by atoms with Crippen LogP contribution in [-0.4, -0.2) is 46.2 Å². The second-order valence-electron chi connectivity index (χ2n) is 8.30. The summed E-state index contributed by atoms with van der Waals surface area (Å²) in [4.78, 5) is 40.8. The van der Waals surface area contributed by atoms with Crippen LogP contribution in [-0.2, 0) is 22.3 Å². The summed E-state index contributed by atoms with van der Waals surface area (Å²) in [6, 6.07) is 3.56. The van der Waals surface area contributed by atoms with E-state index in [0.717, 1.165) is 12.1 Å². The Hall–Kier alpha value is -3.97. The number of nitrogens with one attached hydrogen (secondary N) is 2. The van der Waals surface area contributed by atoms with Gasteiger partial charge in [0.15, 0.2) is 0 Å². The highest BCUT2D eigenvalue weighted by Crippen LogP contribution is 2.37. The lowest BCUT2D eigenvalue weighted by molar-refractivity contribution is -0.137. The normalized spacial score (nSPS) is 17.5. The van der Waals surface area contributed by atoms with Gasteiger partial charge in [-0.3, -0.25) is 14.6 Å². The van der Waals surface area contributed by atoms with E-state index in [1.54, 1.807) is 0 Å². The second kappa shape index (κ2) is 11.2. The topological polar surface area (TPSA) is 118 Å². The van der Waals surface area contributed by atoms with E-state index in [0.29, 0.717) is 6.07 Å². The lowest BCUT2D eigenvalue weighted by Crippen LogP contribution is -2.42. The van der Waals surface area contributed by atoms with E-state index in [9.17, 15) is 27.2 Å². The Bertz CT molecular complexity index is 1370. The third-order valence-electron chi connectivity index (χ3n) is 5.64. The van der Waals surface area contributed by atoms with Crippen molar-refractivity contribution in [3.8, 4) is 0 Å². The molecule has 198 valence electrons. The number of carbonyl (C=O) groups excluding carboxylic acids is 2. The Morgan fingerprint density at radius 1 is 1.18 bits per heavy atom. The van der Waals surface area contributed by atoms with Crippen LogP contribution in [0.3, 0.4) is 0 Å². The number of alkyl halides is 3. The minimum Gasteiger partial charge on any atom is -0.380 e. The van der Waals surface area contributed by atoms with Crippen LogP contribution in [0.15, 0.2) is 54.2 Å².